The molecule has 0 bridgehead atoms. The minimum atomic E-state index is -0.295. The third-order valence-electron chi connectivity index (χ3n) is 2.65. The Hall–Kier alpha value is -2.30. The van der Waals surface area contributed by atoms with Gasteiger partial charge in [-0.15, -0.1) is 0 Å². The van der Waals surface area contributed by atoms with E-state index in [2.05, 4.69) is 16.0 Å². The molecule has 0 spiro atoms. The highest BCUT2D eigenvalue weighted by Gasteiger charge is 2.17. The molecule has 5 heteroatoms. The van der Waals surface area contributed by atoms with Crippen molar-refractivity contribution in [1.82, 2.24) is 5.32 Å². The molecular formula is C14H17N3O2. The number of anilines is 2. The van der Waals surface area contributed by atoms with Crippen molar-refractivity contribution in [3.05, 3.63) is 36.5 Å². The molecule has 0 radical (unpaired) electrons. The molecule has 1 aliphatic rings. The highest BCUT2D eigenvalue weighted by molar-refractivity contribution is 5.92. The predicted molar refractivity (Wildman–Crippen MR) is 74.8 cm³/mol. The molecule has 3 amide bonds. The molecule has 0 saturated heterocycles. The fraction of sp³-hybridized carbons (Fsp3) is 0.286. The van der Waals surface area contributed by atoms with Crippen molar-refractivity contribution < 1.29 is 9.59 Å². The number of rotatable bonds is 4. The van der Waals surface area contributed by atoms with Crippen molar-refractivity contribution in [1.29, 1.82) is 0 Å². The number of carbonyl (C=O) groups excluding carboxylic acids is 2. The fourth-order valence-electron chi connectivity index (χ4n) is 1.59. The smallest absolute Gasteiger partial charge is 0.323 e. The topological polar surface area (TPSA) is 70.2 Å². The van der Waals surface area contributed by atoms with E-state index in [-0.39, 0.29) is 11.9 Å². The summed E-state index contributed by atoms with van der Waals surface area (Å²) in [5.41, 5.74) is 1.28. The van der Waals surface area contributed by atoms with Crippen LogP contribution in [0, 0.1) is 5.92 Å². The van der Waals surface area contributed by atoms with Crippen molar-refractivity contribution >= 4 is 23.3 Å². The zero-order valence-electron chi connectivity index (χ0n) is 10.8. The maximum Gasteiger partial charge on any atom is 0.323 e. The van der Waals surface area contributed by atoms with E-state index in [9.17, 15) is 9.59 Å². The van der Waals surface area contributed by atoms with Gasteiger partial charge in [0, 0.05) is 24.5 Å². The molecule has 100 valence electrons. The van der Waals surface area contributed by atoms with Crippen LogP contribution in [0.3, 0.4) is 0 Å². The first-order valence-electron chi connectivity index (χ1n) is 6.25. The summed E-state index contributed by atoms with van der Waals surface area (Å²) < 4.78 is 0. The summed E-state index contributed by atoms with van der Waals surface area (Å²) in [7, 11) is 0. The summed E-state index contributed by atoms with van der Waals surface area (Å²) in [4.78, 5) is 22.5. The lowest BCUT2D eigenvalue weighted by Gasteiger charge is -2.07. The third kappa shape index (κ3) is 4.83. The van der Waals surface area contributed by atoms with Gasteiger partial charge < -0.3 is 16.0 Å². The van der Waals surface area contributed by atoms with E-state index in [1.807, 2.05) is 6.08 Å². The minimum absolute atomic E-state index is 0.144. The van der Waals surface area contributed by atoms with Gasteiger partial charge in [0.2, 0.25) is 5.91 Å². The van der Waals surface area contributed by atoms with Gasteiger partial charge in [0.15, 0.2) is 0 Å². The monoisotopic (exact) mass is 259 g/mol. The van der Waals surface area contributed by atoms with Gasteiger partial charge in [-0.1, -0.05) is 12.1 Å². The molecule has 1 saturated carbocycles. The second-order valence-electron chi connectivity index (χ2n) is 4.56. The lowest BCUT2D eigenvalue weighted by molar-refractivity contribution is -0.114. The molecule has 1 aliphatic carbocycles. The van der Waals surface area contributed by atoms with Crippen LogP contribution in [0.5, 0.6) is 0 Å². The Morgan fingerprint density at radius 2 is 1.89 bits per heavy atom. The summed E-state index contributed by atoms with van der Waals surface area (Å²) in [6, 6.07) is 6.69. The number of hydrogen-bond acceptors (Lipinski definition) is 2. The van der Waals surface area contributed by atoms with Crippen molar-refractivity contribution in [2.24, 2.45) is 5.92 Å². The highest BCUT2D eigenvalue weighted by atomic mass is 16.2. The van der Waals surface area contributed by atoms with Crippen LogP contribution in [0.4, 0.5) is 16.2 Å². The van der Waals surface area contributed by atoms with Crippen LogP contribution >= 0.6 is 0 Å². The van der Waals surface area contributed by atoms with Crippen LogP contribution in [-0.4, -0.2) is 11.9 Å². The Bertz CT molecular complexity index is 507. The first kappa shape index (κ1) is 13.1. The second-order valence-corrected chi connectivity index (χ2v) is 4.56. The van der Waals surface area contributed by atoms with Gasteiger partial charge >= 0.3 is 6.03 Å². The van der Waals surface area contributed by atoms with E-state index in [1.54, 1.807) is 30.5 Å². The minimum Gasteiger partial charge on any atom is -0.326 e. The maximum atomic E-state index is 11.6. The number of hydrogen-bond donors (Lipinski definition) is 3. The van der Waals surface area contributed by atoms with Gasteiger partial charge in [-0.3, -0.25) is 4.79 Å². The summed E-state index contributed by atoms with van der Waals surface area (Å²) >= 11 is 0. The second kappa shape index (κ2) is 6.04. The van der Waals surface area contributed by atoms with Crippen molar-refractivity contribution in [3.63, 3.8) is 0 Å². The molecule has 1 fully saturated rings. The Balaban J connectivity index is 1.86. The number of urea groups is 1. The Morgan fingerprint density at radius 3 is 2.53 bits per heavy atom. The molecule has 0 aliphatic heterocycles. The summed E-state index contributed by atoms with van der Waals surface area (Å²) in [5, 5.41) is 8.00. The number of nitrogens with one attached hydrogen (secondary N) is 3. The number of allylic oxidation sites excluding steroid dienone is 1. The number of benzene rings is 1. The van der Waals surface area contributed by atoms with Crippen molar-refractivity contribution in [2.45, 2.75) is 19.8 Å². The van der Waals surface area contributed by atoms with Gasteiger partial charge in [-0.2, -0.15) is 0 Å². The van der Waals surface area contributed by atoms with Gasteiger partial charge in [0.25, 0.3) is 0 Å². The van der Waals surface area contributed by atoms with Crippen LogP contribution in [-0.2, 0) is 4.79 Å². The molecule has 0 aromatic heterocycles. The first-order chi connectivity index (χ1) is 9.13. The van der Waals surface area contributed by atoms with E-state index in [0.717, 1.165) is 0 Å². The van der Waals surface area contributed by atoms with E-state index < -0.39 is 0 Å². The van der Waals surface area contributed by atoms with Gasteiger partial charge in [-0.05, 0) is 37.0 Å². The Kier molecular flexibility index (Phi) is 4.18. The van der Waals surface area contributed by atoms with Gasteiger partial charge in [0.05, 0.1) is 0 Å². The van der Waals surface area contributed by atoms with E-state index >= 15 is 0 Å². The SMILES string of the molecule is CC(=O)Nc1cccc(NC(=O)N/C=C/C2CC2)c1. The molecule has 0 atom stereocenters. The molecule has 2 rings (SSSR count). The molecule has 5 nitrogen and oxygen atoms in total. The average molecular weight is 259 g/mol. The molecule has 19 heavy (non-hydrogen) atoms. The summed E-state index contributed by atoms with van der Waals surface area (Å²) in [6.07, 6.45) is 6.08. The third-order valence-corrected chi connectivity index (χ3v) is 2.65. The van der Waals surface area contributed by atoms with Crippen LogP contribution < -0.4 is 16.0 Å². The molecule has 1 aromatic carbocycles. The lowest BCUT2D eigenvalue weighted by atomic mass is 10.3. The Labute approximate surface area is 112 Å². The van der Waals surface area contributed by atoms with Crippen molar-refractivity contribution in [2.75, 3.05) is 10.6 Å². The summed E-state index contributed by atoms with van der Waals surface area (Å²) in [5.74, 6) is 0.484. The molecular weight excluding hydrogens is 242 g/mol. The molecule has 0 heterocycles. The van der Waals surface area contributed by atoms with Gasteiger partial charge in [-0.25, -0.2) is 4.79 Å². The van der Waals surface area contributed by atoms with Gasteiger partial charge in [0.1, 0.15) is 0 Å². The van der Waals surface area contributed by atoms with Crippen LogP contribution in [0.1, 0.15) is 19.8 Å². The lowest BCUT2D eigenvalue weighted by Crippen LogP contribution is -2.23. The molecule has 0 unspecified atom stereocenters. The fourth-order valence-corrected chi connectivity index (χ4v) is 1.59. The average Bonchev–Trinajstić information content (AvgIpc) is 3.12. The number of amides is 3. The highest BCUT2D eigenvalue weighted by Crippen LogP contribution is 2.29. The largest absolute Gasteiger partial charge is 0.326 e. The maximum absolute atomic E-state index is 11.6. The summed E-state index contributed by atoms with van der Waals surface area (Å²) in [6.45, 7) is 1.44. The Morgan fingerprint density at radius 1 is 1.21 bits per heavy atom. The van der Waals surface area contributed by atoms with Crippen LogP contribution in [0.25, 0.3) is 0 Å². The van der Waals surface area contributed by atoms with Crippen LogP contribution in [0.2, 0.25) is 0 Å². The predicted octanol–water partition coefficient (Wildman–Crippen LogP) is 2.69. The quantitative estimate of drug-likeness (QED) is 0.778. The van der Waals surface area contributed by atoms with Crippen molar-refractivity contribution in [3.8, 4) is 0 Å². The zero-order valence-corrected chi connectivity index (χ0v) is 10.8. The zero-order chi connectivity index (χ0) is 13.7. The van der Waals surface area contributed by atoms with E-state index in [1.165, 1.54) is 19.8 Å². The number of carbonyl (C=O) groups is 2. The molecule has 3 N–H and O–H groups in total. The standard InChI is InChI=1S/C14H17N3O2/c1-10(18)16-12-3-2-4-13(9-12)17-14(19)15-8-7-11-5-6-11/h2-4,7-9,11H,5-6H2,1H3,(H,16,18)(H2,15,17,19)/b8-7+. The van der Waals surface area contributed by atoms with E-state index in [0.29, 0.717) is 17.3 Å². The first-order valence-corrected chi connectivity index (χ1v) is 6.25. The van der Waals surface area contributed by atoms with E-state index in [4.69, 9.17) is 0 Å². The molecule has 1 aromatic rings. The van der Waals surface area contributed by atoms with Crippen LogP contribution in [0.15, 0.2) is 36.5 Å². The normalized spacial score (nSPS) is 14.2.